The number of hydrogen-bond acceptors (Lipinski definition) is 4. The van der Waals surface area contributed by atoms with Crippen LogP contribution in [0.2, 0.25) is 0 Å². The zero-order valence-corrected chi connectivity index (χ0v) is 11.9. The number of urea groups is 1. The monoisotopic (exact) mass is 266 g/mol. The molecule has 106 valence electrons. The maximum Gasteiger partial charge on any atom is 0.317 e. The summed E-state index contributed by atoms with van der Waals surface area (Å²) in [4.78, 5) is 19.3. The highest BCUT2D eigenvalue weighted by molar-refractivity contribution is 5.73. The number of anilines is 1. The molecule has 0 bridgehead atoms. The summed E-state index contributed by atoms with van der Waals surface area (Å²) in [6, 6.07) is 3.58. The normalized spacial score (nSPS) is 11.8. The van der Waals surface area contributed by atoms with E-state index in [1.807, 2.05) is 31.1 Å². The Morgan fingerprint density at radius 2 is 2.16 bits per heavy atom. The Balaban J connectivity index is 2.52. The standard InChI is InChI=1S/C13H22N4O2/c1-10(18)9-17(4)13(19)15-8-11-5-6-14-12(7-11)16(2)3/h5-7,10,18H,8-9H2,1-4H3,(H,15,19). The number of aliphatic hydroxyl groups excluding tert-OH is 1. The Kier molecular flexibility index (Phi) is 5.57. The van der Waals surface area contributed by atoms with Crippen LogP contribution in [0.3, 0.4) is 0 Å². The Labute approximate surface area is 114 Å². The molecule has 0 saturated carbocycles. The molecule has 0 aromatic carbocycles. The predicted octanol–water partition coefficient (Wildman–Crippen LogP) is 0.670. The molecule has 0 spiro atoms. The summed E-state index contributed by atoms with van der Waals surface area (Å²) in [5, 5.41) is 12.0. The first-order valence-electron chi connectivity index (χ1n) is 6.19. The van der Waals surface area contributed by atoms with E-state index >= 15 is 0 Å². The zero-order valence-electron chi connectivity index (χ0n) is 11.9. The minimum absolute atomic E-state index is 0.205. The van der Waals surface area contributed by atoms with E-state index < -0.39 is 6.10 Å². The average Bonchev–Trinajstić information content (AvgIpc) is 2.35. The fourth-order valence-corrected chi connectivity index (χ4v) is 1.61. The van der Waals surface area contributed by atoms with E-state index in [9.17, 15) is 9.90 Å². The summed E-state index contributed by atoms with van der Waals surface area (Å²) in [6.07, 6.45) is 1.19. The topological polar surface area (TPSA) is 68.7 Å². The van der Waals surface area contributed by atoms with E-state index in [4.69, 9.17) is 0 Å². The third-order valence-corrected chi connectivity index (χ3v) is 2.60. The van der Waals surface area contributed by atoms with Crippen molar-refractivity contribution in [1.82, 2.24) is 15.2 Å². The van der Waals surface area contributed by atoms with Gasteiger partial charge in [0.05, 0.1) is 6.10 Å². The van der Waals surface area contributed by atoms with Gasteiger partial charge in [-0.05, 0) is 24.6 Å². The fourth-order valence-electron chi connectivity index (χ4n) is 1.61. The van der Waals surface area contributed by atoms with E-state index in [0.29, 0.717) is 13.1 Å². The fraction of sp³-hybridized carbons (Fsp3) is 0.538. The summed E-state index contributed by atoms with van der Waals surface area (Å²) >= 11 is 0. The molecule has 19 heavy (non-hydrogen) atoms. The summed E-state index contributed by atoms with van der Waals surface area (Å²) in [5.41, 5.74) is 0.984. The molecular formula is C13H22N4O2. The Bertz CT molecular complexity index is 421. The molecule has 2 amide bonds. The van der Waals surface area contributed by atoms with Gasteiger partial charge >= 0.3 is 6.03 Å². The quantitative estimate of drug-likeness (QED) is 0.822. The van der Waals surface area contributed by atoms with Crippen molar-refractivity contribution in [3.63, 3.8) is 0 Å². The largest absolute Gasteiger partial charge is 0.392 e. The second kappa shape index (κ2) is 6.94. The van der Waals surface area contributed by atoms with Crippen LogP contribution < -0.4 is 10.2 Å². The number of pyridine rings is 1. The van der Waals surface area contributed by atoms with Gasteiger partial charge in [0.15, 0.2) is 0 Å². The van der Waals surface area contributed by atoms with E-state index in [0.717, 1.165) is 11.4 Å². The van der Waals surface area contributed by atoms with Gasteiger partial charge in [0.25, 0.3) is 0 Å². The Morgan fingerprint density at radius 3 is 2.74 bits per heavy atom. The smallest absolute Gasteiger partial charge is 0.317 e. The number of carbonyl (C=O) groups is 1. The lowest BCUT2D eigenvalue weighted by molar-refractivity contribution is 0.143. The molecular weight excluding hydrogens is 244 g/mol. The second-order valence-corrected chi connectivity index (χ2v) is 4.80. The third kappa shape index (κ3) is 5.13. The first-order valence-corrected chi connectivity index (χ1v) is 6.19. The van der Waals surface area contributed by atoms with Gasteiger partial charge < -0.3 is 20.2 Å². The molecule has 0 radical (unpaired) electrons. The first kappa shape index (κ1) is 15.2. The lowest BCUT2D eigenvalue weighted by atomic mass is 10.2. The van der Waals surface area contributed by atoms with Gasteiger partial charge in [0.1, 0.15) is 5.82 Å². The highest BCUT2D eigenvalue weighted by atomic mass is 16.3. The lowest BCUT2D eigenvalue weighted by Crippen LogP contribution is -2.40. The van der Waals surface area contributed by atoms with Crippen LogP contribution >= 0.6 is 0 Å². The number of likely N-dealkylation sites (N-methyl/N-ethyl adjacent to an activating group) is 1. The third-order valence-electron chi connectivity index (χ3n) is 2.60. The van der Waals surface area contributed by atoms with Crippen LogP contribution in [-0.4, -0.2) is 54.8 Å². The van der Waals surface area contributed by atoms with Crippen molar-refractivity contribution in [3.05, 3.63) is 23.9 Å². The second-order valence-electron chi connectivity index (χ2n) is 4.80. The summed E-state index contributed by atoms with van der Waals surface area (Å²) in [5.74, 6) is 0.851. The molecule has 6 nitrogen and oxygen atoms in total. The van der Waals surface area contributed by atoms with Crippen molar-refractivity contribution < 1.29 is 9.90 Å². The van der Waals surface area contributed by atoms with E-state index in [2.05, 4.69) is 10.3 Å². The number of nitrogens with zero attached hydrogens (tertiary/aromatic N) is 3. The molecule has 0 aliphatic rings. The molecule has 2 N–H and O–H groups in total. The van der Waals surface area contributed by atoms with Crippen molar-refractivity contribution in [2.45, 2.75) is 19.6 Å². The predicted molar refractivity (Wildman–Crippen MR) is 75.1 cm³/mol. The van der Waals surface area contributed by atoms with Crippen molar-refractivity contribution in [2.75, 3.05) is 32.6 Å². The molecule has 1 atom stereocenters. The number of carbonyl (C=O) groups excluding carboxylic acids is 1. The van der Waals surface area contributed by atoms with Gasteiger partial charge in [-0.3, -0.25) is 0 Å². The maximum atomic E-state index is 11.7. The number of aromatic nitrogens is 1. The van der Waals surface area contributed by atoms with Gasteiger partial charge in [0, 0.05) is 40.4 Å². The number of nitrogens with one attached hydrogen (secondary N) is 1. The highest BCUT2D eigenvalue weighted by Crippen LogP contribution is 2.09. The Hall–Kier alpha value is -1.82. The first-order chi connectivity index (χ1) is 8.90. The molecule has 0 aliphatic heterocycles. The molecule has 0 aliphatic carbocycles. The molecule has 1 aromatic heterocycles. The molecule has 1 rings (SSSR count). The van der Waals surface area contributed by atoms with Crippen molar-refractivity contribution >= 4 is 11.8 Å². The van der Waals surface area contributed by atoms with Crippen LogP contribution in [0.15, 0.2) is 18.3 Å². The maximum absolute atomic E-state index is 11.7. The molecule has 6 heteroatoms. The van der Waals surface area contributed by atoms with Gasteiger partial charge in [-0.25, -0.2) is 9.78 Å². The Morgan fingerprint density at radius 1 is 1.47 bits per heavy atom. The van der Waals surface area contributed by atoms with Crippen molar-refractivity contribution in [1.29, 1.82) is 0 Å². The van der Waals surface area contributed by atoms with Crippen molar-refractivity contribution in [3.8, 4) is 0 Å². The van der Waals surface area contributed by atoms with Crippen LogP contribution in [0.25, 0.3) is 0 Å². The van der Waals surface area contributed by atoms with Crippen LogP contribution in [-0.2, 0) is 6.54 Å². The molecule has 1 aromatic rings. The SMILES string of the molecule is CC(O)CN(C)C(=O)NCc1ccnc(N(C)C)c1. The number of aliphatic hydroxyl groups is 1. The van der Waals surface area contributed by atoms with Gasteiger partial charge in [-0.1, -0.05) is 0 Å². The van der Waals surface area contributed by atoms with Crippen LogP contribution in [0.1, 0.15) is 12.5 Å². The molecule has 0 saturated heterocycles. The zero-order chi connectivity index (χ0) is 14.4. The summed E-state index contributed by atoms with van der Waals surface area (Å²) in [6.45, 7) is 2.40. The van der Waals surface area contributed by atoms with E-state index in [-0.39, 0.29) is 6.03 Å². The van der Waals surface area contributed by atoms with Crippen LogP contribution in [0.4, 0.5) is 10.6 Å². The highest BCUT2D eigenvalue weighted by Gasteiger charge is 2.10. The van der Waals surface area contributed by atoms with Gasteiger partial charge in [-0.2, -0.15) is 0 Å². The van der Waals surface area contributed by atoms with E-state index in [1.54, 1.807) is 20.2 Å². The number of rotatable bonds is 5. The van der Waals surface area contributed by atoms with Crippen molar-refractivity contribution in [2.24, 2.45) is 0 Å². The minimum Gasteiger partial charge on any atom is -0.392 e. The van der Waals surface area contributed by atoms with Gasteiger partial charge in [0.2, 0.25) is 0 Å². The summed E-state index contributed by atoms with van der Waals surface area (Å²) < 4.78 is 0. The minimum atomic E-state index is -0.531. The molecule has 1 heterocycles. The molecule has 0 fully saturated rings. The summed E-state index contributed by atoms with van der Waals surface area (Å²) in [7, 11) is 5.49. The number of hydrogen-bond donors (Lipinski definition) is 2. The average molecular weight is 266 g/mol. The number of amides is 2. The molecule has 1 unspecified atom stereocenters. The van der Waals surface area contributed by atoms with Crippen LogP contribution in [0.5, 0.6) is 0 Å². The van der Waals surface area contributed by atoms with Gasteiger partial charge in [-0.15, -0.1) is 0 Å². The lowest BCUT2D eigenvalue weighted by Gasteiger charge is -2.19. The van der Waals surface area contributed by atoms with E-state index in [1.165, 1.54) is 4.90 Å². The van der Waals surface area contributed by atoms with Crippen LogP contribution in [0, 0.1) is 0 Å².